The molecule has 0 saturated heterocycles. The number of hydrogen-bond donors (Lipinski definition) is 4. The Kier molecular flexibility index (Phi) is 7.74. The summed E-state index contributed by atoms with van der Waals surface area (Å²) in [6, 6.07) is 7.87. The van der Waals surface area contributed by atoms with Gasteiger partial charge in [0, 0.05) is 17.2 Å². The van der Waals surface area contributed by atoms with Crippen LogP contribution in [-0.4, -0.2) is 60.4 Å². The van der Waals surface area contributed by atoms with Crippen molar-refractivity contribution in [2.45, 2.75) is 77.6 Å². The van der Waals surface area contributed by atoms with Crippen molar-refractivity contribution in [3.63, 3.8) is 0 Å². The Morgan fingerprint density at radius 2 is 1.71 bits per heavy atom. The van der Waals surface area contributed by atoms with Gasteiger partial charge in [-0.3, -0.25) is 14.3 Å². The monoisotopic (exact) mass is 563 g/mol. The summed E-state index contributed by atoms with van der Waals surface area (Å²) in [6.07, 6.45) is 6.05. The molecule has 2 heterocycles. The Balaban J connectivity index is 1.38. The molecule has 3 aromatic rings. The molecule has 1 aromatic carbocycles. The van der Waals surface area contributed by atoms with E-state index < -0.39 is 23.5 Å². The van der Waals surface area contributed by atoms with E-state index in [-0.39, 0.29) is 41.8 Å². The lowest BCUT2D eigenvalue weighted by Gasteiger charge is -2.20. The van der Waals surface area contributed by atoms with Crippen LogP contribution in [0.15, 0.2) is 40.9 Å². The van der Waals surface area contributed by atoms with Crippen LogP contribution in [-0.2, 0) is 11.3 Å². The van der Waals surface area contributed by atoms with Crippen molar-refractivity contribution in [1.29, 1.82) is 0 Å². The SMILES string of the molecule is CC(C)[C@H](NC(=O)c1cc(-c2cccc(-c3ncc(C(=O)NC(C4CC4)C4CC4)o3)c2)nn1CC(C)(C)O)C(=O)O. The molecule has 2 aliphatic rings. The van der Waals surface area contributed by atoms with E-state index in [1.54, 1.807) is 52.0 Å². The molecule has 0 unspecified atom stereocenters. The highest BCUT2D eigenvalue weighted by atomic mass is 16.4. The van der Waals surface area contributed by atoms with Crippen molar-refractivity contribution in [1.82, 2.24) is 25.4 Å². The minimum absolute atomic E-state index is 0.00970. The molecule has 0 aliphatic heterocycles. The second-order valence-electron chi connectivity index (χ2n) is 12.2. The van der Waals surface area contributed by atoms with E-state index in [1.165, 1.54) is 10.9 Å². The van der Waals surface area contributed by atoms with Crippen LogP contribution in [0.5, 0.6) is 0 Å². The Labute approximate surface area is 238 Å². The number of carbonyl (C=O) groups excluding carboxylic acids is 2. The summed E-state index contributed by atoms with van der Waals surface area (Å²) in [5.74, 6) is -0.771. The quantitative estimate of drug-likeness (QED) is 0.259. The number of aliphatic hydroxyl groups is 1. The topological polar surface area (TPSA) is 160 Å². The van der Waals surface area contributed by atoms with Crippen molar-refractivity contribution in [2.24, 2.45) is 17.8 Å². The summed E-state index contributed by atoms with van der Waals surface area (Å²) in [5.41, 5.74) is 0.652. The second-order valence-corrected chi connectivity index (χ2v) is 12.2. The summed E-state index contributed by atoms with van der Waals surface area (Å²) < 4.78 is 7.22. The third-order valence-electron chi connectivity index (χ3n) is 7.46. The van der Waals surface area contributed by atoms with Crippen molar-refractivity contribution in [3.8, 4) is 22.7 Å². The molecular formula is C30H37N5O6. The molecule has 1 atom stereocenters. The zero-order chi connectivity index (χ0) is 29.5. The van der Waals surface area contributed by atoms with Gasteiger partial charge in [-0.15, -0.1) is 0 Å². The van der Waals surface area contributed by atoms with Crippen LogP contribution < -0.4 is 10.6 Å². The number of aromatic nitrogens is 3. The standard InChI is InChI=1S/C30H37N5O6/c1-16(2)24(29(38)39)32-26(36)22-13-21(34-35(22)15-30(3,4)40)19-6-5-7-20(12-19)28-31-14-23(41-28)27(37)33-25(17-8-9-17)18-10-11-18/h5-7,12-14,16-18,24-25,40H,8-11,15H2,1-4H3,(H,32,36)(H,33,37)(H,38,39)/t24-/m0/s1. The first-order valence-electron chi connectivity index (χ1n) is 14.1. The Hall–Kier alpha value is -3.99. The highest BCUT2D eigenvalue weighted by Crippen LogP contribution is 2.44. The van der Waals surface area contributed by atoms with Gasteiger partial charge in [-0.05, 0) is 75.5 Å². The number of carbonyl (C=O) groups is 3. The van der Waals surface area contributed by atoms with Crippen LogP contribution in [0.2, 0.25) is 0 Å². The van der Waals surface area contributed by atoms with Gasteiger partial charge >= 0.3 is 5.97 Å². The minimum Gasteiger partial charge on any atom is -0.480 e. The fourth-order valence-corrected chi connectivity index (χ4v) is 5.03. The fourth-order valence-electron chi connectivity index (χ4n) is 5.03. The summed E-state index contributed by atoms with van der Waals surface area (Å²) >= 11 is 0. The first kappa shape index (κ1) is 28.5. The molecule has 0 spiro atoms. The molecule has 2 amide bonds. The van der Waals surface area contributed by atoms with Crippen LogP contribution in [0, 0.1) is 17.8 Å². The van der Waals surface area contributed by atoms with Gasteiger partial charge in [0.2, 0.25) is 11.7 Å². The number of carboxylic acid groups (broad SMARTS) is 1. The molecule has 0 radical (unpaired) electrons. The number of aliphatic carboxylic acids is 1. The molecule has 0 bridgehead atoms. The van der Waals surface area contributed by atoms with Gasteiger partial charge in [-0.1, -0.05) is 26.0 Å². The number of oxazole rings is 1. The first-order valence-corrected chi connectivity index (χ1v) is 14.1. The molecule has 2 aromatic heterocycles. The maximum Gasteiger partial charge on any atom is 0.326 e. The van der Waals surface area contributed by atoms with E-state index in [0.717, 1.165) is 25.7 Å². The molecular weight excluding hydrogens is 526 g/mol. The number of carboxylic acids is 1. The normalized spacial score (nSPS) is 16.2. The number of benzene rings is 1. The van der Waals surface area contributed by atoms with Gasteiger partial charge in [0.15, 0.2) is 0 Å². The zero-order valence-corrected chi connectivity index (χ0v) is 23.8. The van der Waals surface area contributed by atoms with Crippen LogP contribution in [0.25, 0.3) is 22.7 Å². The van der Waals surface area contributed by atoms with E-state index in [2.05, 4.69) is 20.7 Å². The van der Waals surface area contributed by atoms with Crippen molar-refractivity contribution < 1.29 is 29.0 Å². The van der Waals surface area contributed by atoms with E-state index in [9.17, 15) is 24.6 Å². The predicted molar refractivity (Wildman–Crippen MR) is 150 cm³/mol. The summed E-state index contributed by atoms with van der Waals surface area (Å²) in [7, 11) is 0. The molecule has 5 rings (SSSR count). The van der Waals surface area contributed by atoms with E-state index in [4.69, 9.17) is 4.42 Å². The van der Waals surface area contributed by atoms with E-state index >= 15 is 0 Å². The Morgan fingerprint density at radius 3 is 2.29 bits per heavy atom. The first-order chi connectivity index (χ1) is 19.4. The van der Waals surface area contributed by atoms with Crippen LogP contribution in [0.4, 0.5) is 0 Å². The number of amides is 2. The highest BCUT2D eigenvalue weighted by Gasteiger charge is 2.42. The number of hydrogen-bond acceptors (Lipinski definition) is 7. The van der Waals surface area contributed by atoms with Gasteiger partial charge < -0.3 is 25.3 Å². The average Bonchev–Trinajstić information content (AvgIpc) is 3.83. The maximum absolute atomic E-state index is 13.2. The average molecular weight is 564 g/mol. The number of nitrogens with one attached hydrogen (secondary N) is 2. The molecule has 11 heteroatoms. The van der Waals surface area contributed by atoms with E-state index in [1.807, 2.05) is 6.07 Å². The summed E-state index contributed by atoms with van der Waals surface area (Å²) in [4.78, 5) is 42.0. The lowest BCUT2D eigenvalue weighted by Crippen LogP contribution is -2.45. The van der Waals surface area contributed by atoms with E-state index in [0.29, 0.717) is 28.7 Å². The molecule has 2 saturated carbocycles. The zero-order valence-electron chi connectivity index (χ0n) is 23.8. The Morgan fingerprint density at radius 1 is 1.05 bits per heavy atom. The van der Waals surface area contributed by atoms with Crippen LogP contribution in [0.1, 0.15) is 74.4 Å². The molecule has 4 N–H and O–H groups in total. The van der Waals surface area contributed by atoms with Crippen LogP contribution >= 0.6 is 0 Å². The third kappa shape index (κ3) is 6.84. The van der Waals surface area contributed by atoms with Crippen LogP contribution in [0.3, 0.4) is 0 Å². The van der Waals surface area contributed by atoms with Crippen molar-refractivity contribution >= 4 is 17.8 Å². The molecule has 11 nitrogen and oxygen atoms in total. The smallest absolute Gasteiger partial charge is 0.326 e. The number of nitrogens with zero attached hydrogens (tertiary/aromatic N) is 3. The minimum atomic E-state index is -1.18. The molecule has 2 fully saturated rings. The lowest BCUT2D eigenvalue weighted by molar-refractivity contribution is -0.140. The molecule has 218 valence electrons. The molecule has 2 aliphatic carbocycles. The summed E-state index contributed by atoms with van der Waals surface area (Å²) in [6.45, 7) is 6.62. The largest absolute Gasteiger partial charge is 0.480 e. The maximum atomic E-state index is 13.2. The third-order valence-corrected chi connectivity index (χ3v) is 7.46. The van der Waals surface area contributed by atoms with Gasteiger partial charge in [0.05, 0.1) is 24.0 Å². The second kappa shape index (κ2) is 11.1. The molecule has 41 heavy (non-hydrogen) atoms. The van der Waals surface area contributed by atoms with Gasteiger partial charge in [0.1, 0.15) is 11.7 Å². The summed E-state index contributed by atoms with van der Waals surface area (Å²) in [5, 5.41) is 30.2. The Bertz CT molecular complexity index is 1430. The van der Waals surface area contributed by atoms with Crippen molar-refractivity contribution in [3.05, 3.63) is 48.0 Å². The fraction of sp³-hybridized carbons (Fsp3) is 0.500. The van der Waals surface area contributed by atoms with Crippen molar-refractivity contribution in [2.75, 3.05) is 0 Å². The lowest BCUT2D eigenvalue weighted by atomic mass is 10.0. The van der Waals surface area contributed by atoms with Gasteiger partial charge in [-0.25, -0.2) is 9.78 Å². The predicted octanol–water partition coefficient (Wildman–Crippen LogP) is 3.73. The number of rotatable bonds is 12. The highest BCUT2D eigenvalue weighted by molar-refractivity contribution is 5.96. The van der Waals surface area contributed by atoms with Gasteiger partial charge in [0.25, 0.3) is 11.8 Å². The van der Waals surface area contributed by atoms with Gasteiger partial charge in [-0.2, -0.15) is 5.10 Å².